The summed E-state index contributed by atoms with van der Waals surface area (Å²) >= 11 is 7.17. The van der Waals surface area contributed by atoms with E-state index in [9.17, 15) is 18.0 Å². The van der Waals surface area contributed by atoms with Crippen LogP contribution in [-0.2, 0) is 19.4 Å². The SMILES string of the molecule is CCOC(=O)c1c(-c2ccc(Cl)cc2)csc1NC(=O)C[C@@H]1CCS(=O)(=O)C1. The number of thiophene rings is 1. The molecule has 3 rings (SSSR count). The zero-order chi connectivity index (χ0) is 20.3. The number of carbonyl (C=O) groups is 2. The summed E-state index contributed by atoms with van der Waals surface area (Å²) in [5.41, 5.74) is 1.73. The lowest BCUT2D eigenvalue weighted by molar-refractivity contribution is -0.116. The van der Waals surface area contributed by atoms with Gasteiger partial charge in [-0.15, -0.1) is 11.3 Å². The van der Waals surface area contributed by atoms with E-state index in [-0.39, 0.29) is 36.4 Å². The summed E-state index contributed by atoms with van der Waals surface area (Å²) < 4.78 is 28.3. The molecule has 1 N–H and O–H groups in total. The molecule has 28 heavy (non-hydrogen) atoms. The minimum Gasteiger partial charge on any atom is -0.462 e. The van der Waals surface area contributed by atoms with Gasteiger partial charge in [0, 0.05) is 22.4 Å². The van der Waals surface area contributed by atoms with Crippen molar-refractivity contribution < 1.29 is 22.7 Å². The van der Waals surface area contributed by atoms with Crippen LogP contribution in [0.4, 0.5) is 5.00 Å². The number of carbonyl (C=O) groups excluding carboxylic acids is 2. The van der Waals surface area contributed by atoms with E-state index >= 15 is 0 Å². The van der Waals surface area contributed by atoms with E-state index in [1.807, 2.05) is 0 Å². The van der Waals surface area contributed by atoms with Crippen LogP contribution in [0.3, 0.4) is 0 Å². The van der Waals surface area contributed by atoms with Gasteiger partial charge in [0.05, 0.1) is 18.1 Å². The van der Waals surface area contributed by atoms with Crippen LogP contribution in [0.5, 0.6) is 0 Å². The van der Waals surface area contributed by atoms with Crippen LogP contribution < -0.4 is 5.32 Å². The molecule has 0 spiro atoms. The summed E-state index contributed by atoms with van der Waals surface area (Å²) in [4.78, 5) is 25.0. The quantitative estimate of drug-likeness (QED) is 0.684. The van der Waals surface area contributed by atoms with E-state index in [0.717, 1.165) is 5.56 Å². The van der Waals surface area contributed by atoms with Gasteiger partial charge in [-0.25, -0.2) is 13.2 Å². The molecule has 0 saturated carbocycles. The summed E-state index contributed by atoms with van der Waals surface area (Å²) in [6.07, 6.45) is 0.594. The van der Waals surface area contributed by atoms with Crippen LogP contribution in [-0.4, -0.2) is 38.4 Å². The Morgan fingerprint density at radius 3 is 2.61 bits per heavy atom. The average Bonchev–Trinajstić information content (AvgIpc) is 3.18. The van der Waals surface area contributed by atoms with Crippen molar-refractivity contribution >= 4 is 49.7 Å². The molecule has 1 atom stereocenters. The number of hydrogen-bond donors (Lipinski definition) is 1. The predicted octanol–water partition coefficient (Wildman–Crippen LogP) is 4.01. The third-order valence-corrected chi connectivity index (χ3v) is 7.46. The molecule has 1 fully saturated rings. The molecule has 0 radical (unpaired) electrons. The van der Waals surface area contributed by atoms with Gasteiger partial charge in [-0.2, -0.15) is 0 Å². The summed E-state index contributed by atoms with van der Waals surface area (Å²) in [7, 11) is -3.04. The number of esters is 1. The smallest absolute Gasteiger partial charge is 0.341 e. The van der Waals surface area contributed by atoms with Gasteiger partial charge in [-0.3, -0.25) is 4.79 Å². The standard InChI is InChI=1S/C19H20ClNO5S2/c1-2-26-19(23)17-15(13-3-5-14(20)6-4-13)10-27-18(17)21-16(22)9-12-7-8-28(24,25)11-12/h3-6,10,12H,2,7-9,11H2,1H3,(H,21,22)/t12-/m0/s1. The van der Waals surface area contributed by atoms with Gasteiger partial charge in [-0.1, -0.05) is 23.7 Å². The Kier molecular flexibility index (Phi) is 6.42. The van der Waals surface area contributed by atoms with E-state index in [2.05, 4.69) is 5.32 Å². The Morgan fingerprint density at radius 2 is 2.00 bits per heavy atom. The molecule has 1 amide bonds. The van der Waals surface area contributed by atoms with E-state index in [1.54, 1.807) is 36.6 Å². The lowest BCUT2D eigenvalue weighted by Crippen LogP contribution is -2.18. The van der Waals surface area contributed by atoms with Crippen LogP contribution in [0.15, 0.2) is 29.6 Å². The third kappa shape index (κ3) is 4.92. The molecular formula is C19H20ClNO5S2. The Morgan fingerprint density at radius 1 is 1.29 bits per heavy atom. The van der Waals surface area contributed by atoms with E-state index in [4.69, 9.17) is 16.3 Å². The maximum absolute atomic E-state index is 12.5. The normalized spacial score (nSPS) is 18.0. The molecule has 2 heterocycles. The lowest BCUT2D eigenvalue weighted by atomic mass is 10.0. The first-order valence-corrected chi connectivity index (χ1v) is 11.9. The molecule has 150 valence electrons. The number of ether oxygens (including phenoxy) is 1. The first-order valence-electron chi connectivity index (χ1n) is 8.84. The van der Waals surface area contributed by atoms with Crippen LogP contribution in [0.2, 0.25) is 5.02 Å². The molecule has 9 heteroatoms. The molecule has 0 unspecified atom stereocenters. The summed E-state index contributed by atoms with van der Waals surface area (Å²) in [5.74, 6) is -0.860. The second-order valence-corrected chi connectivity index (χ2v) is 10.1. The predicted molar refractivity (Wildman–Crippen MR) is 111 cm³/mol. The molecule has 1 aromatic heterocycles. The Labute approximate surface area is 172 Å². The van der Waals surface area contributed by atoms with Gasteiger partial charge in [-0.05, 0) is 37.0 Å². The zero-order valence-electron chi connectivity index (χ0n) is 15.2. The van der Waals surface area contributed by atoms with Crippen molar-refractivity contribution in [3.63, 3.8) is 0 Å². The lowest BCUT2D eigenvalue weighted by Gasteiger charge is -2.10. The van der Waals surface area contributed by atoms with Crippen LogP contribution in [0.1, 0.15) is 30.1 Å². The highest BCUT2D eigenvalue weighted by molar-refractivity contribution is 7.91. The minimum atomic E-state index is -3.04. The van der Waals surface area contributed by atoms with Crippen molar-refractivity contribution in [2.45, 2.75) is 19.8 Å². The van der Waals surface area contributed by atoms with Gasteiger partial charge >= 0.3 is 5.97 Å². The maximum Gasteiger partial charge on any atom is 0.341 e. The average molecular weight is 442 g/mol. The van der Waals surface area contributed by atoms with Crippen LogP contribution in [0, 0.1) is 5.92 Å². The summed E-state index contributed by atoms with van der Waals surface area (Å²) in [6.45, 7) is 1.92. The number of amides is 1. The Bertz CT molecular complexity index is 982. The molecule has 2 aromatic rings. The maximum atomic E-state index is 12.5. The van der Waals surface area contributed by atoms with Gasteiger partial charge in [0.1, 0.15) is 10.6 Å². The molecular weight excluding hydrogens is 422 g/mol. The molecule has 1 aromatic carbocycles. The van der Waals surface area contributed by atoms with Crippen molar-refractivity contribution in [2.75, 3.05) is 23.4 Å². The van der Waals surface area contributed by atoms with E-state index < -0.39 is 15.8 Å². The fourth-order valence-corrected chi connectivity index (χ4v) is 6.13. The number of anilines is 1. The highest BCUT2D eigenvalue weighted by atomic mass is 35.5. The largest absolute Gasteiger partial charge is 0.462 e. The number of benzene rings is 1. The number of nitrogens with one attached hydrogen (secondary N) is 1. The van der Waals surface area contributed by atoms with E-state index in [0.29, 0.717) is 27.6 Å². The second kappa shape index (κ2) is 8.63. The number of halogens is 1. The van der Waals surface area contributed by atoms with Crippen molar-refractivity contribution in [1.29, 1.82) is 0 Å². The topological polar surface area (TPSA) is 89.5 Å². The molecule has 1 aliphatic heterocycles. The second-order valence-electron chi connectivity index (χ2n) is 6.60. The van der Waals surface area contributed by atoms with Crippen molar-refractivity contribution in [3.05, 3.63) is 40.2 Å². The molecule has 0 aliphatic carbocycles. The summed E-state index contributed by atoms with van der Waals surface area (Å²) in [5, 5.41) is 5.52. The highest BCUT2D eigenvalue weighted by Gasteiger charge is 2.30. The molecule has 1 saturated heterocycles. The fraction of sp³-hybridized carbons (Fsp3) is 0.368. The molecule has 0 bridgehead atoms. The monoisotopic (exact) mass is 441 g/mol. The number of sulfone groups is 1. The molecule has 6 nitrogen and oxygen atoms in total. The van der Waals surface area contributed by atoms with Gasteiger partial charge in [0.25, 0.3) is 0 Å². The van der Waals surface area contributed by atoms with Crippen LogP contribution >= 0.6 is 22.9 Å². The number of hydrogen-bond acceptors (Lipinski definition) is 6. The van der Waals surface area contributed by atoms with Gasteiger partial charge < -0.3 is 10.1 Å². The first kappa shape index (κ1) is 20.8. The summed E-state index contributed by atoms with van der Waals surface area (Å²) in [6, 6.07) is 7.04. The van der Waals surface area contributed by atoms with Crippen LogP contribution in [0.25, 0.3) is 11.1 Å². The van der Waals surface area contributed by atoms with E-state index in [1.165, 1.54) is 11.3 Å². The number of rotatable bonds is 6. The van der Waals surface area contributed by atoms with Crippen molar-refractivity contribution in [2.24, 2.45) is 5.92 Å². The van der Waals surface area contributed by atoms with Crippen molar-refractivity contribution in [3.8, 4) is 11.1 Å². The van der Waals surface area contributed by atoms with Gasteiger partial charge in [0.2, 0.25) is 5.91 Å². The Hall–Kier alpha value is -1.90. The van der Waals surface area contributed by atoms with Gasteiger partial charge in [0.15, 0.2) is 9.84 Å². The highest BCUT2D eigenvalue weighted by Crippen LogP contribution is 2.37. The minimum absolute atomic E-state index is 0.0334. The van der Waals surface area contributed by atoms with Crippen molar-refractivity contribution in [1.82, 2.24) is 0 Å². The zero-order valence-corrected chi connectivity index (χ0v) is 17.6. The third-order valence-electron chi connectivity index (χ3n) is 4.48. The Balaban J connectivity index is 1.83. The fourth-order valence-electron chi connectivity index (χ4n) is 3.17. The first-order chi connectivity index (χ1) is 13.3. The molecule has 1 aliphatic rings.